The molecule has 110 valence electrons. The van der Waals surface area contributed by atoms with Crippen molar-refractivity contribution in [3.63, 3.8) is 0 Å². The number of benzene rings is 1. The molecule has 0 aliphatic heterocycles. The van der Waals surface area contributed by atoms with E-state index in [1.54, 1.807) is 12.1 Å². The van der Waals surface area contributed by atoms with Gasteiger partial charge in [-0.3, -0.25) is 10.1 Å². The van der Waals surface area contributed by atoms with Crippen molar-refractivity contribution < 1.29 is 14.3 Å². The van der Waals surface area contributed by atoms with Crippen molar-refractivity contribution in [1.82, 2.24) is 5.32 Å². The van der Waals surface area contributed by atoms with Gasteiger partial charge in [0.25, 0.3) is 0 Å². The van der Waals surface area contributed by atoms with Crippen LogP contribution in [0, 0.1) is 5.92 Å². The van der Waals surface area contributed by atoms with Gasteiger partial charge in [0.2, 0.25) is 5.91 Å². The summed E-state index contributed by atoms with van der Waals surface area (Å²) >= 11 is 3.34. The van der Waals surface area contributed by atoms with Crippen molar-refractivity contribution in [2.24, 2.45) is 11.7 Å². The maximum Gasteiger partial charge on any atom is 0.327 e. The highest BCUT2D eigenvalue weighted by Gasteiger charge is 2.28. The van der Waals surface area contributed by atoms with E-state index < -0.39 is 24.0 Å². The van der Waals surface area contributed by atoms with Crippen LogP contribution in [0.5, 0.6) is 0 Å². The summed E-state index contributed by atoms with van der Waals surface area (Å²) in [6.45, 7) is 3.72. The summed E-state index contributed by atoms with van der Waals surface area (Å²) in [5.41, 5.74) is 6.08. The fourth-order valence-corrected chi connectivity index (χ4v) is 2.12. The minimum atomic E-state index is -0.729. The van der Waals surface area contributed by atoms with E-state index in [0.29, 0.717) is 5.56 Å². The van der Waals surface area contributed by atoms with Crippen molar-refractivity contribution in [1.29, 1.82) is 0 Å². The van der Waals surface area contributed by atoms with Crippen LogP contribution in [0.1, 0.15) is 25.5 Å². The van der Waals surface area contributed by atoms with Crippen LogP contribution in [0.15, 0.2) is 28.7 Å². The summed E-state index contributed by atoms with van der Waals surface area (Å²) in [7, 11) is 1.31. The Bertz CT molecular complexity index is 474. The summed E-state index contributed by atoms with van der Waals surface area (Å²) in [6.07, 6.45) is 0. The number of ether oxygens (including phenoxy) is 1. The first-order valence-corrected chi connectivity index (χ1v) is 7.04. The maximum atomic E-state index is 11.9. The Hall–Kier alpha value is -1.40. The van der Waals surface area contributed by atoms with Crippen LogP contribution in [0.4, 0.5) is 0 Å². The van der Waals surface area contributed by atoms with Gasteiger partial charge in [-0.2, -0.15) is 0 Å². The molecular formula is C14H19BrN2O3. The molecule has 1 aromatic rings. The molecular weight excluding hydrogens is 324 g/mol. The van der Waals surface area contributed by atoms with E-state index in [-0.39, 0.29) is 5.92 Å². The molecule has 5 nitrogen and oxygen atoms in total. The lowest BCUT2D eigenvalue weighted by molar-refractivity contribution is -0.143. The topological polar surface area (TPSA) is 81.4 Å². The lowest BCUT2D eigenvalue weighted by atomic mass is 10.00. The zero-order chi connectivity index (χ0) is 15.3. The second-order valence-electron chi connectivity index (χ2n) is 4.80. The lowest BCUT2D eigenvalue weighted by Gasteiger charge is -2.25. The Morgan fingerprint density at radius 2 is 1.80 bits per heavy atom. The van der Waals surface area contributed by atoms with Crippen molar-refractivity contribution in [2.75, 3.05) is 7.11 Å². The summed E-state index contributed by atoms with van der Waals surface area (Å²) in [6, 6.07) is 5.88. The number of hydrogen-bond acceptors (Lipinski definition) is 4. The first-order valence-electron chi connectivity index (χ1n) is 6.25. The van der Waals surface area contributed by atoms with Crippen LogP contribution in [0.3, 0.4) is 0 Å². The standard InChI is InChI=1S/C14H19BrN2O3/c1-8(2)11(13(16)18)17-12(14(19)20-3)9-4-6-10(15)7-5-9/h4-8,11-12,17H,1-3H3,(H2,16,18). The van der Waals surface area contributed by atoms with Gasteiger partial charge in [0, 0.05) is 4.47 Å². The molecule has 3 N–H and O–H groups in total. The predicted molar refractivity (Wildman–Crippen MR) is 79.9 cm³/mol. The number of nitrogens with one attached hydrogen (secondary N) is 1. The zero-order valence-electron chi connectivity index (χ0n) is 11.7. The normalized spacial score (nSPS) is 13.8. The Labute approximate surface area is 127 Å². The van der Waals surface area contributed by atoms with E-state index in [1.165, 1.54) is 7.11 Å². The lowest BCUT2D eigenvalue weighted by Crippen LogP contribution is -2.48. The monoisotopic (exact) mass is 342 g/mol. The molecule has 0 heterocycles. The van der Waals surface area contributed by atoms with Crippen LogP contribution in [0.2, 0.25) is 0 Å². The molecule has 1 amide bonds. The Kier molecular flexibility index (Phi) is 6.16. The van der Waals surface area contributed by atoms with Gasteiger partial charge in [0.15, 0.2) is 0 Å². The molecule has 1 rings (SSSR count). The number of carbonyl (C=O) groups excluding carboxylic acids is 2. The quantitative estimate of drug-likeness (QED) is 0.772. The minimum Gasteiger partial charge on any atom is -0.468 e. The Morgan fingerprint density at radius 1 is 1.25 bits per heavy atom. The number of nitrogens with two attached hydrogens (primary N) is 1. The molecule has 0 spiro atoms. The summed E-state index contributed by atoms with van der Waals surface area (Å²) < 4.78 is 5.70. The van der Waals surface area contributed by atoms with E-state index in [2.05, 4.69) is 21.2 Å². The molecule has 0 radical (unpaired) electrons. The smallest absolute Gasteiger partial charge is 0.327 e. The van der Waals surface area contributed by atoms with Crippen LogP contribution in [-0.2, 0) is 14.3 Å². The van der Waals surface area contributed by atoms with E-state index in [0.717, 1.165) is 4.47 Å². The van der Waals surface area contributed by atoms with Gasteiger partial charge in [-0.1, -0.05) is 41.9 Å². The molecule has 2 unspecified atom stereocenters. The molecule has 20 heavy (non-hydrogen) atoms. The Morgan fingerprint density at radius 3 is 2.20 bits per heavy atom. The first kappa shape index (κ1) is 16.7. The van der Waals surface area contributed by atoms with Crippen molar-refractivity contribution in [3.8, 4) is 0 Å². The number of primary amides is 1. The number of esters is 1. The van der Waals surface area contributed by atoms with Gasteiger partial charge in [-0.25, -0.2) is 4.79 Å². The second-order valence-corrected chi connectivity index (χ2v) is 5.71. The minimum absolute atomic E-state index is 0.0323. The number of methoxy groups -OCH3 is 1. The van der Waals surface area contributed by atoms with Crippen molar-refractivity contribution in [3.05, 3.63) is 34.3 Å². The van der Waals surface area contributed by atoms with Crippen molar-refractivity contribution in [2.45, 2.75) is 25.9 Å². The van der Waals surface area contributed by atoms with E-state index in [9.17, 15) is 9.59 Å². The molecule has 6 heteroatoms. The largest absolute Gasteiger partial charge is 0.468 e. The van der Waals surface area contributed by atoms with Gasteiger partial charge in [0.05, 0.1) is 13.2 Å². The molecule has 1 aromatic carbocycles. The van der Waals surface area contributed by atoms with Crippen molar-refractivity contribution >= 4 is 27.8 Å². The molecule has 0 saturated heterocycles. The summed E-state index contributed by atoms with van der Waals surface area (Å²) in [5.74, 6) is -0.986. The SMILES string of the molecule is COC(=O)C(NC(C(N)=O)C(C)C)c1ccc(Br)cc1. The van der Waals surface area contributed by atoms with Crippen LogP contribution >= 0.6 is 15.9 Å². The Balaban J connectivity index is 3.04. The van der Waals surface area contributed by atoms with E-state index in [4.69, 9.17) is 10.5 Å². The summed E-state index contributed by atoms with van der Waals surface area (Å²) in [5, 5.41) is 2.98. The maximum absolute atomic E-state index is 11.9. The average Bonchev–Trinajstić information content (AvgIpc) is 2.39. The fraction of sp³-hybridized carbons (Fsp3) is 0.429. The number of carbonyl (C=O) groups is 2. The molecule has 0 aliphatic rings. The van der Waals surface area contributed by atoms with E-state index >= 15 is 0 Å². The van der Waals surface area contributed by atoms with Gasteiger partial charge in [-0.05, 0) is 23.6 Å². The fourth-order valence-electron chi connectivity index (χ4n) is 1.86. The average molecular weight is 343 g/mol. The zero-order valence-corrected chi connectivity index (χ0v) is 13.3. The third-order valence-electron chi connectivity index (χ3n) is 2.96. The van der Waals surface area contributed by atoms with E-state index in [1.807, 2.05) is 26.0 Å². The van der Waals surface area contributed by atoms with Crippen LogP contribution < -0.4 is 11.1 Å². The van der Waals surface area contributed by atoms with Crippen LogP contribution in [0.25, 0.3) is 0 Å². The number of rotatable bonds is 6. The molecule has 0 saturated carbocycles. The summed E-state index contributed by atoms with van der Waals surface area (Å²) in [4.78, 5) is 23.4. The molecule has 0 aliphatic carbocycles. The molecule has 0 aromatic heterocycles. The molecule has 2 atom stereocenters. The predicted octanol–water partition coefficient (Wildman–Crippen LogP) is 1.76. The van der Waals surface area contributed by atoms with Gasteiger partial charge < -0.3 is 10.5 Å². The highest BCUT2D eigenvalue weighted by Crippen LogP contribution is 2.20. The molecule has 0 bridgehead atoms. The second kappa shape index (κ2) is 7.40. The third kappa shape index (κ3) is 4.31. The van der Waals surface area contributed by atoms with Gasteiger partial charge >= 0.3 is 5.97 Å². The first-order chi connectivity index (χ1) is 9.36. The van der Waals surface area contributed by atoms with Crippen LogP contribution in [-0.4, -0.2) is 25.0 Å². The third-order valence-corrected chi connectivity index (χ3v) is 3.49. The number of halogens is 1. The number of hydrogen-bond donors (Lipinski definition) is 2. The number of amides is 1. The molecule has 0 fully saturated rings. The van der Waals surface area contributed by atoms with Gasteiger partial charge in [0.1, 0.15) is 6.04 Å². The van der Waals surface area contributed by atoms with Gasteiger partial charge in [-0.15, -0.1) is 0 Å². The highest BCUT2D eigenvalue weighted by molar-refractivity contribution is 9.10. The highest BCUT2D eigenvalue weighted by atomic mass is 79.9.